The highest BCUT2D eigenvalue weighted by atomic mass is 16.5. The largest absolute Gasteiger partial charge is 0.381 e. The third-order valence-corrected chi connectivity index (χ3v) is 4.02. The highest BCUT2D eigenvalue weighted by Crippen LogP contribution is 2.22. The summed E-state index contributed by atoms with van der Waals surface area (Å²) in [6.07, 6.45) is 2.98. The van der Waals surface area contributed by atoms with Crippen LogP contribution in [0.4, 0.5) is 0 Å². The van der Waals surface area contributed by atoms with Crippen molar-refractivity contribution in [3.05, 3.63) is 0 Å². The first-order chi connectivity index (χ1) is 8.70. The summed E-state index contributed by atoms with van der Waals surface area (Å²) in [6.45, 7) is 8.87. The Morgan fingerprint density at radius 3 is 2.94 bits per heavy atom. The van der Waals surface area contributed by atoms with Crippen molar-refractivity contribution in [2.75, 3.05) is 32.8 Å². The third-order valence-electron chi connectivity index (χ3n) is 4.02. The van der Waals surface area contributed by atoms with Crippen LogP contribution in [-0.4, -0.2) is 49.7 Å². The van der Waals surface area contributed by atoms with Gasteiger partial charge in [0.05, 0.1) is 6.61 Å². The van der Waals surface area contributed by atoms with Gasteiger partial charge in [-0.05, 0) is 25.3 Å². The molecule has 18 heavy (non-hydrogen) atoms. The number of ether oxygens (including phenoxy) is 1. The van der Waals surface area contributed by atoms with Crippen molar-refractivity contribution in [1.29, 1.82) is 0 Å². The lowest BCUT2D eigenvalue weighted by Gasteiger charge is -2.28. The van der Waals surface area contributed by atoms with Crippen molar-refractivity contribution in [3.8, 4) is 0 Å². The number of nitrogens with zero attached hydrogens (tertiary/aromatic N) is 1. The first-order valence-corrected chi connectivity index (χ1v) is 7.29. The number of rotatable bonds is 6. The standard InChI is InChI=1S/C14H26N2O2/c1-3-5-15-13(12-4-6-18-10-12)9-16-8-11(2)7-14(16)17/h11-13,15H,3-10H2,1-2H3. The Kier molecular flexibility index (Phi) is 5.01. The van der Waals surface area contributed by atoms with Crippen LogP contribution in [0.2, 0.25) is 0 Å². The second kappa shape index (κ2) is 6.53. The van der Waals surface area contributed by atoms with E-state index in [2.05, 4.69) is 19.2 Å². The lowest BCUT2D eigenvalue weighted by Crippen LogP contribution is -2.46. The van der Waals surface area contributed by atoms with E-state index in [0.29, 0.717) is 23.8 Å². The fourth-order valence-corrected chi connectivity index (χ4v) is 2.96. The molecule has 4 heteroatoms. The maximum atomic E-state index is 11.9. The molecule has 2 aliphatic heterocycles. The summed E-state index contributed by atoms with van der Waals surface area (Å²) < 4.78 is 5.49. The zero-order chi connectivity index (χ0) is 13.0. The molecule has 0 aliphatic carbocycles. The van der Waals surface area contributed by atoms with Crippen LogP contribution < -0.4 is 5.32 Å². The SMILES string of the molecule is CCCNC(CN1CC(C)CC1=O)C1CCOC1. The van der Waals surface area contributed by atoms with Crippen LogP contribution >= 0.6 is 0 Å². The van der Waals surface area contributed by atoms with Crippen molar-refractivity contribution < 1.29 is 9.53 Å². The first-order valence-electron chi connectivity index (χ1n) is 7.29. The average molecular weight is 254 g/mol. The molecule has 2 saturated heterocycles. The minimum Gasteiger partial charge on any atom is -0.381 e. The minimum atomic E-state index is 0.324. The van der Waals surface area contributed by atoms with Crippen LogP contribution in [0.15, 0.2) is 0 Å². The molecule has 1 N–H and O–H groups in total. The Labute approximate surface area is 110 Å². The number of hydrogen-bond acceptors (Lipinski definition) is 3. The minimum absolute atomic E-state index is 0.324. The maximum Gasteiger partial charge on any atom is 0.222 e. The molecule has 2 fully saturated rings. The summed E-state index contributed by atoms with van der Waals surface area (Å²) in [4.78, 5) is 13.9. The summed E-state index contributed by atoms with van der Waals surface area (Å²) in [7, 11) is 0. The molecule has 2 rings (SSSR count). The van der Waals surface area contributed by atoms with Gasteiger partial charge < -0.3 is 15.0 Å². The lowest BCUT2D eigenvalue weighted by molar-refractivity contribution is -0.128. The molecule has 0 radical (unpaired) electrons. The van der Waals surface area contributed by atoms with Crippen molar-refractivity contribution in [2.24, 2.45) is 11.8 Å². The second-order valence-corrected chi connectivity index (χ2v) is 5.79. The van der Waals surface area contributed by atoms with Crippen LogP contribution in [0.1, 0.15) is 33.1 Å². The van der Waals surface area contributed by atoms with Crippen molar-refractivity contribution in [1.82, 2.24) is 10.2 Å². The van der Waals surface area contributed by atoms with E-state index in [4.69, 9.17) is 4.74 Å². The normalized spacial score (nSPS) is 30.1. The van der Waals surface area contributed by atoms with E-state index >= 15 is 0 Å². The van der Waals surface area contributed by atoms with E-state index in [1.165, 1.54) is 0 Å². The molecule has 0 spiro atoms. The van der Waals surface area contributed by atoms with Gasteiger partial charge in [0.25, 0.3) is 0 Å². The average Bonchev–Trinajstić information content (AvgIpc) is 2.95. The summed E-state index contributed by atoms with van der Waals surface area (Å²) in [5.74, 6) is 1.41. The number of nitrogens with one attached hydrogen (secondary N) is 1. The second-order valence-electron chi connectivity index (χ2n) is 5.79. The summed E-state index contributed by atoms with van der Waals surface area (Å²) in [5.41, 5.74) is 0. The van der Waals surface area contributed by atoms with Gasteiger partial charge in [0.1, 0.15) is 0 Å². The number of hydrogen-bond donors (Lipinski definition) is 1. The fraction of sp³-hybridized carbons (Fsp3) is 0.929. The molecule has 0 aromatic heterocycles. The molecule has 3 unspecified atom stereocenters. The molecule has 3 atom stereocenters. The zero-order valence-corrected chi connectivity index (χ0v) is 11.7. The predicted octanol–water partition coefficient (Wildman–Crippen LogP) is 1.26. The molecular formula is C14H26N2O2. The smallest absolute Gasteiger partial charge is 0.222 e. The van der Waals surface area contributed by atoms with E-state index in [-0.39, 0.29) is 0 Å². The van der Waals surface area contributed by atoms with Gasteiger partial charge in [-0.2, -0.15) is 0 Å². The van der Waals surface area contributed by atoms with E-state index in [9.17, 15) is 4.79 Å². The number of likely N-dealkylation sites (tertiary alicyclic amines) is 1. The molecule has 2 heterocycles. The fourth-order valence-electron chi connectivity index (χ4n) is 2.96. The molecule has 0 aromatic rings. The maximum absolute atomic E-state index is 11.9. The van der Waals surface area contributed by atoms with E-state index in [1.54, 1.807) is 0 Å². The Bertz CT molecular complexity index is 277. The van der Waals surface area contributed by atoms with Crippen LogP contribution in [0.3, 0.4) is 0 Å². The van der Waals surface area contributed by atoms with Crippen molar-refractivity contribution in [3.63, 3.8) is 0 Å². The van der Waals surface area contributed by atoms with Gasteiger partial charge in [0.2, 0.25) is 5.91 Å². The quantitative estimate of drug-likeness (QED) is 0.776. The summed E-state index contributed by atoms with van der Waals surface area (Å²) >= 11 is 0. The number of carbonyl (C=O) groups excluding carboxylic acids is 1. The van der Waals surface area contributed by atoms with Crippen molar-refractivity contribution >= 4 is 5.91 Å². The highest BCUT2D eigenvalue weighted by molar-refractivity contribution is 5.78. The van der Waals surface area contributed by atoms with Crippen LogP contribution in [0, 0.1) is 11.8 Å². The topological polar surface area (TPSA) is 41.6 Å². The molecular weight excluding hydrogens is 228 g/mol. The van der Waals surface area contributed by atoms with E-state index in [1.807, 2.05) is 4.90 Å². The van der Waals surface area contributed by atoms with Gasteiger partial charge in [0, 0.05) is 38.1 Å². The van der Waals surface area contributed by atoms with Gasteiger partial charge in [-0.3, -0.25) is 4.79 Å². The van der Waals surface area contributed by atoms with Crippen LogP contribution in [0.5, 0.6) is 0 Å². The van der Waals surface area contributed by atoms with Crippen molar-refractivity contribution in [2.45, 2.75) is 39.2 Å². The molecule has 0 bridgehead atoms. The Balaban J connectivity index is 1.89. The molecule has 0 aromatic carbocycles. The summed E-state index contributed by atoms with van der Waals surface area (Å²) in [5, 5.41) is 3.60. The molecule has 4 nitrogen and oxygen atoms in total. The van der Waals surface area contributed by atoms with Gasteiger partial charge in [-0.25, -0.2) is 0 Å². The van der Waals surface area contributed by atoms with E-state index in [0.717, 1.165) is 52.1 Å². The van der Waals surface area contributed by atoms with Crippen LogP contribution in [-0.2, 0) is 9.53 Å². The monoisotopic (exact) mass is 254 g/mol. The van der Waals surface area contributed by atoms with Crippen LogP contribution in [0.25, 0.3) is 0 Å². The lowest BCUT2D eigenvalue weighted by atomic mass is 9.98. The number of carbonyl (C=O) groups is 1. The Morgan fingerprint density at radius 2 is 2.39 bits per heavy atom. The zero-order valence-electron chi connectivity index (χ0n) is 11.7. The van der Waals surface area contributed by atoms with Gasteiger partial charge >= 0.3 is 0 Å². The Hall–Kier alpha value is -0.610. The molecule has 2 aliphatic rings. The summed E-state index contributed by atoms with van der Waals surface area (Å²) in [6, 6.07) is 0.404. The third kappa shape index (κ3) is 3.45. The highest BCUT2D eigenvalue weighted by Gasteiger charge is 2.32. The molecule has 1 amide bonds. The predicted molar refractivity (Wildman–Crippen MR) is 71.4 cm³/mol. The van der Waals surface area contributed by atoms with Gasteiger partial charge in [-0.1, -0.05) is 13.8 Å². The van der Waals surface area contributed by atoms with Gasteiger partial charge in [0.15, 0.2) is 0 Å². The molecule has 0 saturated carbocycles. The Morgan fingerprint density at radius 1 is 1.56 bits per heavy atom. The molecule has 104 valence electrons. The first kappa shape index (κ1) is 13.8. The van der Waals surface area contributed by atoms with Gasteiger partial charge in [-0.15, -0.1) is 0 Å². The number of amides is 1. The van der Waals surface area contributed by atoms with E-state index < -0.39 is 0 Å².